The van der Waals surface area contributed by atoms with Gasteiger partial charge in [0, 0.05) is 31.7 Å². The van der Waals surface area contributed by atoms with Crippen molar-refractivity contribution < 1.29 is 9.84 Å². The summed E-state index contributed by atoms with van der Waals surface area (Å²) in [6.07, 6.45) is 2.76. The van der Waals surface area contributed by atoms with E-state index in [2.05, 4.69) is 46.5 Å². The first-order chi connectivity index (χ1) is 12.6. The smallest absolute Gasteiger partial charge is 0.191 e. The molecule has 1 saturated heterocycles. The van der Waals surface area contributed by atoms with E-state index in [1.54, 1.807) is 7.11 Å². The minimum atomic E-state index is -0.101. The van der Waals surface area contributed by atoms with Gasteiger partial charge in [-0.2, -0.15) is 0 Å². The number of hydrogen-bond donors (Lipinski definition) is 3. The topological polar surface area (TPSA) is 69.1 Å². The molecule has 0 saturated carbocycles. The Kier molecular flexibility index (Phi) is 8.71. The lowest BCUT2D eigenvalue weighted by Crippen LogP contribution is -2.40. The Morgan fingerprint density at radius 3 is 2.77 bits per heavy atom. The summed E-state index contributed by atoms with van der Waals surface area (Å²) in [5.41, 5.74) is 2.27. The molecule has 1 aromatic carbocycles. The summed E-state index contributed by atoms with van der Waals surface area (Å²) >= 11 is 0. The second-order valence-corrected chi connectivity index (χ2v) is 6.86. The van der Waals surface area contributed by atoms with E-state index in [4.69, 9.17) is 4.74 Å². The van der Waals surface area contributed by atoms with Gasteiger partial charge in [0.2, 0.25) is 0 Å². The van der Waals surface area contributed by atoms with Gasteiger partial charge in [0.05, 0.1) is 19.8 Å². The van der Waals surface area contributed by atoms with Crippen LogP contribution in [-0.4, -0.2) is 61.9 Å². The number of rotatable bonds is 8. The van der Waals surface area contributed by atoms with Crippen molar-refractivity contribution in [1.82, 2.24) is 15.5 Å². The van der Waals surface area contributed by atoms with E-state index in [9.17, 15) is 5.11 Å². The Bertz CT molecular complexity index is 569. The zero-order valence-corrected chi connectivity index (χ0v) is 16.4. The molecular weight excluding hydrogens is 328 g/mol. The maximum absolute atomic E-state index is 9.56. The molecule has 6 heteroatoms. The highest BCUT2D eigenvalue weighted by molar-refractivity contribution is 5.79. The zero-order chi connectivity index (χ0) is 18.8. The van der Waals surface area contributed by atoms with Crippen molar-refractivity contribution in [3.8, 4) is 5.75 Å². The van der Waals surface area contributed by atoms with Gasteiger partial charge in [-0.25, -0.2) is 4.99 Å². The second kappa shape index (κ2) is 11.0. The van der Waals surface area contributed by atoms with Gasteiger partial charge in [-0.1, -0.05) is 12.1 Å². The number of likely N-dealkylation sites (tertiary alicyclic amines) is 1. The van der Waals surface area contributed by atoms with Crippen LogP contribution in [0.2, 0.25) is 0 Å². The SMILES string of the molecule is CCNC(=NCc1ccc(C)cc1OC)NCCCN1CCC(O)CC1. The molecule has 1 aliphatic rings. The Balaban J connectivity index is 1.79. The first-order valence-electron chi connectivity index (χ1n) is 9.68. The van der Waals surface area contributed by atoms with Crippen LogP contribution in [-0.2, 0) is 6.54 Å². The predicted octanol–water partition coefficient (Wildman–Crippen LogP) is 1.91. The molecule has 0 amide bonds. The molecule has 0 aromatic heterocycles. The third-order valence-corrected chi connectivity index (χ3v) is 4.69. The number of guanidine groups is 1. The number of aliphatic hydroxyl groups excluding tert-OH is 1. The number of nitrogens with zero attached hydrogens (tertiary/aromatic N) is 2. The van der Waals surface area contributed by atoms with E-state index in [0.29, 0.717) is 6.54 Å². The molecule has 6 nitrogen and oxygen atoms in total. The van der Waals surface area contributed by atoms with Gasteiger partial charge in [0.1, 0.15) is 5.75 Å². The number of methoxy groups -OCH3 is 1. The van der Waals surface area contributed by atoms with Crippen molar-refractivity contribution >= 4 is 5.96 Å². The maximum atomic E-state index is 9.56. The molecule has 3 N–H and O–H groups in total. The van der Waals surface area contributed by atoms with Crippen LogP contribution in [0.5, 0.6) is 5.75 Å². The minimum Gasteiger partial charge on any atom is -0.496 e. The summed E-state index contributed by atoms with van der Waals surface area (Å²) in [4.78, 5) is 7.11. The average molecular weight is 363 g/mol. The van der Waals surface area contributed by atoms with E-state index >= 15 is 0 Å². The molecule has 146 valence electrons. The number of benzene rings is 1. The molecule has 2 rings (SSSR count). The highest BCUT2D eigenvalue weighted by Crippen LogP contribution is 2.20. The standard InChI is InChI=1S/C20H34N4O2/c1-4-21-20(22-10-5-11-24-12-8-18(25)9-13-24)23-15-17-7-6-16(2)14-19(17)26-3/h6-7,14,18,25H,4-5,8-13,15H2,1-3H3,(H2,21,22,23). The highest BCUT2D eigenvalue weighted by atomic mass is 16.5. The zero-order valence-electron chi connectivity index (χ0n) is 16.4. The number of aryl methyl sites for hydroxylation is 1. The third-order valence-electron chi connectivity index (χ3n) is 4.69. The Labute approximate surface area is 157 Å². The molecule has 0 bridgehead atoms. The number of hydrogen-bond acceptors (Lipinski definition) is 4. The van der Waals surface area contributed by atoms with Gasteiger partial charge in [-0.05, 0) is 51.3 Å². The minimum absolute atomic E-state index is 0.101. The van der Waals surface area contributed by atoms with Gasteiger partial charge in [0.15, 0.2) is 5.96 Å². The number of aliphatic hydroxyl groups is 1. The summed E-state index contributed by atoms with van der Waals surface area (Å²) in [5, 5.41) is 16.3. The predicted molar refractivity (Wildman–Crippen MR) is 107 cm³/mol. The Morgan fingerprint density at radius 2 is 2.08 bits per heavy atom. The van der Waals surface area contributed by atoms with Crippen molar-refractivity contribution in [3.63, 3.8) is 0 Å². The Hall–Kier alpha value is -1.79. The van der Waals surface area contributed by atoms with Crippen molar-refractivity contribution in [2.75, 3.05) is 39.8 Å². The molecule has 0 atom stereocenters. The fourth-order valence-electron chi connectivity index (χ4n) is 3.14. The lowest BCUT2D eigenvalue weighted by molar-refractivity contribution is 0.0823. The van der Waals surface area contributed by atoms with E-state index in [-0.39, 0.29) is 6.10 Å². The molecule has 0 unspecified atom stereocenters. The molecule has 0 spiro atoms. The summed E-state index contributed by atoms with van der Waals surface area (Å²) in [6.45, 7) is 9.50. The molecule has 1 aliphatic heterocycles. The van der Waals surface area contributed by atoms with Crippen LogP contribution in [0.4, 0.5) is 0 Å². The van der Waals surface area contributed by atoms with Gasteiger partial charge < -0.3 is 25.4 Å². The van der Waals surface area contributed by atoms with Crippen LogP contribution in [0.1, 0.15) is 37.3 Å². The summed E-state index contributed by atoms with van der Waals surface area (Å²) in [6, 6.07) is 6.20. The fourth-order valence-corrected chi connectivity index (χ4v) is 3.14. The summed E-state index contributed by atoms with van der Waals surface area (Å²) < 4.78 is 5.46. The monoisotopic (exact) mass is 362 g/mol. The largest absolute Gasteiger partial charge is 0.496 e. The molecule has 1 heterocycles. The van der Waals surface area contributed by atoms with Crippen LogP contribution in [0.25, 0.3) is 0 Å². The highest BCUT2D eigenvalue weighted by Gasteiger charge is 2.16. The quantitative estimate of drug-likeness (QED) is 0.374. The van der Waals surface area contributed by atoms with Crippen molar-refractivity contribution in [2.45, 2.75) is 45.8 Å². The van der Waals surface area contributed by atoms with Gasteiger partial charge in [-0.15, -0.1) is 0 Å². The van der Waals surface area contributed by atoms with Crippen molar-refractivity contribution in [3.05, 3.63) is 29.3 Å². The van der Waals surface area contributed by atoms with E-state index < -0.39 is 0 Å². The van der Waals surface area contributed by atoms with E-state index in [1.165, 1.54) is 5.56 Å². The van der Waals surface area contributed by atoms with Gasteiger partial charge in [-0.3, -0.25) is 0 Å². The number of ether oxygens (including phenoxy) is 1. The molecule has 0 radical (unpaired) electrons. The normalized spacial score (nSPS) is 16.5. The van der Waals surface area contributed by atoms with Crippen LogP contribution in [0, 0.1) is 6.92 Å². The van der Waals surface area contributed by atoms with Gasteiger partial charge in [0.25, 0.3) is 0 Å². The first-order valence-corrected chi connectivity index (χ1v) is 9.68. The molecule has 1 fully saturated rings. The molecule has 26 heavy (non-hydrogen) atoms. The third kappa shape index (κ3) is 6.84. The summed E-state index contributed by atoms with van der Waals surface area (Å²) in [7, 11) is 1.70. The van der Waals surface area contributed by atoms with E-state index in [0.717, 1.165) is 69.3 Å². The molecule has 0 aliphatic carbocycles. The van der Waals surface area contributed by atoms with Crippen LogP contribution in [0.3, 0.4) is 0 Å². The number of piperidine rings is 1. The second-order valence-electron chi connectivity index (χ2n) is 6.86. The lowest BCUT2D eigenvalue weighted by Gasteiger charge is -2.29. The molecular formula is C20H34N4O2. The Morgan fingerprint density at radius 1 is 1.31 bits per heavy atom. The van der Waals surface area contributed by atoms with Crippen LogP contribution in [0.15, 0.2) is 23.2 Å². The number of nitrogens with one attached hydrogen (secondary N) is 2. The van der Waals surface area contributed by atoms with Crippen molar-refractivity contribution in [1.29, 1.82) is 0 Å². The molecule has 1 aromatic rings. The first kappa shape index (κ1) is 20.5. The maximum Gasteiger partial charge on any atom is 0.191 e. The lowest BCUT2D eigenvalue weighted by atomic mass is 10.1. The van der Waals surface area contributed by atoms with Crippen LogP contribution < -0.4 is 15.4 Å². The number of aliphatic imine (C=N–C) groups is 1. The van der Waals surface area contributed by atoms with Gasteiger partial charge >= 0.3 is 0 Å². The average Bonchev–Trinajstić information content (AvgIpc) is 2.65. The summed E-state index contributed by atoms with van der Waals surface area (Å²) in [5.74, 6) is 1.72. The fraction of sp³-hybridized carbons (Fsp3) is 0.650. The van der Waals surface area contributed by atoms with Crippen LogP contribution >= 0.6 is 0 Å². The van der Waals surface area contributed by atoms with Crippen molar-refractivity contribution in [2.24, 2.45) is 4.99 Å². The van der Waals surface area contributed by atoms with E-state index in [1.807, 2.05) is 6.07 Å².